The monoisotopic (exact) mass is 232 g/mol. The summed E-state index contributed by atoms with van der Waals surface area (Å²) in [6.45, 7) is 0. The number of benzene rings is 2. The fraction of sp³-hybridized carbons (Fsp3) is 0. The van der Waals surface area contributed by atoms with Crippen molar-refractivity contribution < 1.29 is 19.4 Å². The van der Waals surface area contributed by atoms with Gasteiger partial charge in [-0.05, 0) is 24.3 Å². The van der Waals surface area contributed by atoms with Crippen LogP contribution in [0.1, 0.15) is 10.4 Å². The van der Waals surface area contributed by atoms with Crippen LogP contribution in [0.2, 0.25) is 0 Å². The maximum Gasteiger partial charge on any atom is 0.153 e. The van der Waals surface area contributed by atoms with Gasteiger partial charge < -0.3 is 10.2 Å². The number of phenols is 2. The molecule has 0 bridgehead atoms. The lowest BCUT2D eigenvalue weighted by molar-refractivity contribution is 0.112. The molecule has 0 radical (unpaired) electrons. The van der Waals surface area contributed by atoms with Gasteiger partial charge in [0.15, 0.2) is 6.29 Å². The minimum absolute atomic E-state index is 0.0890. The van der Waals surface area contributed by atoms with E-state index < -0.39 is 5.82 Å². The van der Waals surface area contributed by atoms with Gasteiger partial charge in [0.1, 0.15) is 17.3 Å². The molecular weight excluding hydrogens is 223 g/mol. The van der Waals surface area contributed by atoms with Crippen LogP contribution in [0.15, 0.2) is 36.4 Å². The van der Waals surface area contributed by atoms with Crippen LogP contribution in [0.3, 0.4) is 0 Å². The Morgan fingerprint density at radius 3 is 2.53 bits per heavy atom. The molecule has 86 valence electrons. The number of hydrogen-bond donors (Lipinski definition) is 2. The van der Waals surface area contributed by atoms with Gasteiger partial charge >= 0.3 is 0 Å². The van der Waals surface area contributed by atoms with Crippen molar-refractivity contribution in [2.75, 3.05) is 0 Å². The summed E-state index contributed by atoms with van der Waals surface area (Å²) in [5, 5.41) is 19.4. The van der Waals surface area contributed by atoms with Gasteiger partial charge in [0.25, 0.3) is 0 Å². The number of aromatic hydroxyl groups is 2. The summed E-state index contributed by atoms with van der Waals surface area (Å²) in [6.07, 6.45) is 0.495. The van der Waals surface area contributed by atoms with Crippen molar-refractivity contribution >= 4 is 6.29 Å². The summed E-state index contributed by atoms with van der Waals surface area (Å²) in [7, 11) is 0. The van der Waals surface area contributed by atoms with Gasteiger partial charge in [0, 0.05) is 11.1 Å². The summed E-state index contributed by atoms with van der Waals surface area (Å²) in [4.78, 5) is 10.7. The smallest absolute Gasteiger partial charge is 0.153 e. The second kappa shape index (κ2) is 4.25. The van der Waals surface area contributed by atoms with Crippen LogP contribution in [0, 0.1) is 5.82 Å². The molecule has 0 saturated heterocycles. The van der Waals surface area contributed by atoms with Crippen LogP contribution in [-0.2, 0) is 0 Å². The first-order valence-corrected chi connectivity index (χ1v) is 4.89. The van der Waals surface area contributed by atoms with Gasteiger partial charge in [-0.25, -0.2) is 4.39 Å². The average Bonchev–Trinajstić information content (AvgIpc) is 2.33. The van der Waals surface area contributed by atoms with Crippen LogP contribution < -0.4 is 0 Å². The molecule has 0 spiro atoms. The molecule has 17 heavy (non-hydrogen) atoms. The topological polar surface area (TPSA) is 57.5 Å². The van der Waals surface area contributed by atoms with Crippen molar-refractivity contribution in [3.05, 3.63) is 47.8 Å². The van der Waals surface area contributed by atoms with Gasteiger partial charge in [-0.15, -0.1) is 0 Å². The quantitative estimate of drug-likeness (QED) is 0.782. The number of phenolic OH excluding ortho intramolecular Hbond substituents is 2. The molecule has 2 aromatic carbocycles. The van der Waals surface area contributed by atoms with Gasteiger partial charge in [0.2, 0.25) is 0 Å². The van der Waals surface area contributed by atoms with Crippen LogP contribution in [0.25, 0.3) is 11.1 Å². The fourth-order valence-electron chi connectivity index (χ4n) is 1.60. The van der Waals surface area contributed by atoms with E-state index in [9.17, 15) is 19.4 Å². The van der Waals surface area contributed by atoms with E-state index in [1.54, 1.807) is 6.07 Å². The number of carbonyl (C=O) groups is 1. The highest BCUT2D eigenvalue weighted by atomic mass is 19.1. The highest BCUT2D eigenvalue weighted by molar-refractivity contribution is 5.87. The maximum atomic E-state index is 13.1. The van der Waals surface area contributed by atoms with Crippen LogP contribution in [-0.4, -0.2) is 16.5 Å². The van der Waals surface area contributed by atoms with E-state index in [0.29, 0.717) is 6.29 Å². The second-order valence-electron chi connectivity index (χ2n) is 3.52. The molecular formula is C13H9FO3. The van der Waals surface area contributed by atoms with E-state index in [-0.39, 0.29) is 28.2 Å². The minimum atomic E-state index is -0.534. The van der Waals surface area contributed by atoms with E-state index in [4.69, 9.17) is 0 Å². The molecule has 4 heteroatoms. The van der Waals surface area contributed by atoms with Crippen molar-refractivity contribution in [3.63, 3.8) is 0 Å². The number of para-hydroxylation sites is 1. The molecule has 0 heterocycles. The molecule has 0 atom stereocenters. The molecule has 2 aromatic rings. The average molecular weight is 232 g/mol. The molecule has 0 aliphatic carbocycles. The van der Waals surface area contributed by atoms with E-state index in [1.807, 2.05) is 0 Å². The number of halogens is 1. The second-order valence-corrected chi connectivity index (χ2v) is 3.52. The van der Waals surface area contributed by atoms with Gasteiger partial charge in [-0.2, -0.15) is 0 Å². The van der Waals surface area contributed by atoms with Gasteiger partial charge in [-0.1, -0.05) is 12.1 Å². The largest absolute Gasteiger partial charge is 0.507 e. The number of hydrogen-bond acceptors (Lipinski definition) is 3. The first kappa shape index (κ1) is 11.1. The lowest BCUT2D eigenvalue weighted by Crippen LogP contribution is -1.87. The zero-order chi connectivity index (χ0) is 12.4. The van der Waals surface area contributed by atoms with Gasteiger partial charge in [0.05, 0.1) is 5.56 Å². The normalized spacial score (nSPS) is 10.2. The van der Waals surface area contributed by atoms with E-state index in [1.165, 1.54) is 18.2 Å². The van der Waals surface area contributed by atoms with Crippen LogP contribution >= 0.6 is 0 Å². The number of rotatable bonds is 2. The van der Waals surface area contributed by atoms with Crippen molar-refractivity contribution in [2.24, 2.45) is 0 Å². The maximum absolute atomic E-state index is 13.1. The highest BCUT2D eigenvalue weighted by Gasteiger charge is 2.12. The Morgan fingerprint density at radius 2 is 1.82 bits per heavy atom. The Labute approximate surface area is 96.8 Å². The number of aldehydes is 1. The van der Waals surface area contributed by atoms with Crippen LogP contribution in [0.4, 0.5) is 4.39 Å². The predicted octanol–water partition coefficient (Wildman–Crippen LogP) is 2.72. The summed E-state index contributed by atoms with van der Waals surface area (Å²) >= 11 is 0. The molecule has 0 amide bonds. The zero-order valence-corrected chi connectivity index (χ0v) is 8.72. The first-order chi connectivity index (χ1) is 8.13. The SMILES string of the molecule is O=Cc1cccc(-c2cc(F)ccc2O)c1O. The summed E-state index contributed by atoms with van der Waals surface area (Å²) in [5.74, 6) is -0.971. The fourth-order valence-corrected chi connectivity index (χ4v) is 1.60. The molecule has 3 nitrogen and oxygen atoms in total. The lowest BCUT2D eigenvalue weighted by atomic mass is 10.0. The Bertz CT molecular complexity index is 579. The minimum Gasteiger partial charge on any atom is -0.507 e. The molecule has 2 N–H and O–H groups in total. The van der Waals surface area contributed by atoms with Crippen molar-refractivity contribution in [3.8, 4) is 22.6 Å². The van der Waals surface area contributed by atoms with E-state index in [0.717, 1.165) is 12.1 Å². The van der Waals surface area contributed by atoms with Crippen molar-refractivity contribution in [1.82, 2.24) is 0 Å². The van der Waals surface area contributed by atoms with E-state index >= 15 is 0 Å². The molecule has 2 rings (SSSR count). The van der Waals surface area contributed by atoms with Crippen molar-refractivity contribution in [1.29, 1.82) is 0 Å². The molecule has 0 aliphatic heterocycles. The molecule has 0 unspecified atom stereocenters. The summed E-state index contributed by atoms with van der Waals surface area (Å²) < 4.78 is 13.1. The zero-order valence-electron chi connectivity index (χ0n) is 8.72. The lowest BCUT2D eigenvalue weighted by Gasteiger charge is -2.08. The molecule has 0 aliphatic rings. The number of carbonyl (C=O) groups excluding carboxylic acids is 1. The Morgan fingerprint density at radius 1 is 1.06 bits per heavy atom. The Kier molecular flexibility index (Phi) is 2.78. The van der Waals surface area contributed by atoms with E-state index in [2.05, 4.69) is 0 Å². The highest BCUT2D eigenvalue weighted by Crippen LogP contribution is 2.36. The predicted molar refractivity (Wildman–Crippen MR) is 60.6 cm³/mol. The Hall–Kier alpha value is -2.36. The van der Waals surface area contributed by atoms with Gasteiger partial charge in [-0.3, -0.25) is 4.79 Å². The standard InChI is InChI=1S/C13H9FO3/c14-9-4-5-12(16)11(6-9)10-3-1-2-8(7-15)13(10)17/h1-7,16-17H. The summed E-state index contributed by atoms with van der Waals surface area (Å²) in [6, 6.07) is 7.87. The molecule has 0 aromatic heterocycles. The summed E-state index contributed by atoms with van der Waals surface area (Å²) in [5.41, 5.74) is 0.448. The molecule has 0 fully saturated rings. The molecule has 0 saturated carbocycles. The van der Waals surface area contributed by atoms with Crippen molar-refractivity contribution in [2.45, 2.75) is 0 Å². The third-order valence-corrected chi connectivity index (χ3v) is 2.44. The Balaban J connectivity index is 2.68. The van der Waals surface area contributed by atoms with Crippen LogP contribution in [0.5, 0.6) is 11.5 Å². The third-order valence-electron chi connectivity index (χ3n) is 2.44. The first-order valence-electron chi connectivity index (χ1n) is 4.89. The third kappa shape index (κ3) is 1.97.